The van der Waals surface area contributed by atoms with E-state index in [4.69, 9.17) is 9.47 Å². The zero-order valence-corrected chi connectivity index (χ0v) is 19.7. The highest BCUT2D eigenvalue weighted by Gasteiger charge is 2.57. The first-order valence-corrected chi connectivity index (χ1v) is 10.5. The summed E-state index contributed by atoms with van der Waals surface area (Å²) in [5.74, 6) is 0.978. The van der Waals surface area contributed by atoms with Crippen molar-refractivity contribution in [3.63, 3.8) is 0 Å². The fourth-order valence-corrected chi connectivity index (χ4v) is 5.14. The van der Waals surface area contributed by atoms with Crippen LogP contribution in [0, 0.1) is 5.41 Å². The van der Waals surface area contributed by atoms with Gasteiger partial charge in [-0.1, -0.05) is 12.8 Å². The molecule has 1 aliphatic heterocycles. The summed E-state index contributed by atoms with van der Waals surface area (Å²) in [6, 6.07) is 1.02. The maximum Gasteiger partial charge on any atom is 0.191 e. The molecule has 2 atom stereocenters. The van der Waals surface area contributed by atoms with Gasteiger partial charge >= 0.3 is 0 Å². The van der Waals surface area contributed by atoms with Gasteiger partial charge in [-0.25, -0.2) is 0 Å². The van der Waals surface area contributed by atoms with E-state index >= 15 is 0 Å². The molecule has 0 aromatic carbocycles. The number of hydrogen-bond donors (Lipinski definition) is 2. The molecule has 2 N–H and O–H groups in total. The van der Waals surface area contributed by atoms with Crippen LogP contribution in [0.5, 0.6) is 0 Å². The van der Waals surface area contributed by atoms with E-state index in [9.17, 15) is 0 Å². The van der Waals surface area contributed by atoms with Gasteiger partial charge in [0.15, 0.2) is 5.96 Å². The molecular formula is C20H39IN4O2. The van der Waals surface area contributed by atoms with Gasteiger partial charge in [0.05, 0.1) is 12.7 Å². The van der Waals surface area contributed by atoms with Crippen molar-refractivity contribution < 1.29 is 9.47 Å². The number of aliphatic imine (C=N–C) groups is 1. The Morgan fingerprint density at radius 2 is 1.89 bits per heavy atom. The lowest BCUT2D eigenvalue weighted by Crippen LogP contribution is -2.65. The van der Waals surface area contributed by atoms with Crippen molar-refractivity contribution in [2.45, 2.75) is 70.1 Å². The van der Waals surface area contributed by atoms with Crippen LogP contribution in [0.15, 0.2) is 4.99 Å². The average molecular weight is 494 g/mol. The van der Waals surface area contributed by atoms with E-state index < -0.39 is 0 Å². The smallest absolute Gasteiger partial charge is 0.191 e. The summed E-state index contributed by atoms with van der Waals surface area (Å²) in [7, 11) is 3.67. The Hall–Kier alpha value is -0.120. The lowest BCUT2D eigenvalue weighted by atomic mass is 9.60. The second-order valence-corrected chi connectivity index (χ2v) is 8.14. The molecule has 0 bridgehead atoms. The fourth-order valence-electron chi connectivity index (χ4n) is 5.14. The Morgan fingerprint density at radius 1 is 1.19 bits per heavy atom. The van der Waals surface area contributed by atoms with Crippen LogP contribution in [0.4, 0.5) is 0 Å². The molecule has 6 nitrogen and oxygen atoms in total. The van der Waals surface area contributed by atoms with E-state index in [2.05, 4.69) is 27.4 Å². The van der Waals surface area contributed by atoms with Gasteiger partial charge in [-0.15, -0.1) is 24.0 Å². The molecule has 0 aromatic rings. The number of rotatable bonds is 7. The van der Waals surface area contributed by atoms with Crippen LogP contribution in [-0.4, -0.2) is 76.1 Å². The van der Waals surface area contributed by atoms with E-state index in [0.717, 1.165) is 45.2 Å². The minimum absolute atomic E-state index is 0. The quantitative estimate of drug-likeness (QED) is 0.324. The third kappa shape index (κ3) is 5.48. The van der Waals surface area contributed by atoms with Gasteiger partial charge in [0.1, 0.15) is 0 Å². The van der Waals surface area contributed by atoms with Crippen molar-refractivity contribution in [2.24, 2.45) is 10.4 Å². The van der Waals surface area contributed by atoms with Gasteiger partial charge in [0.2, 0.25) is 0 Å². The largest absolute Gasteiger partial charge is 0.383 e. The first kappa shape index (κ1) is 23.2. The number of methoxy groups -OCH3 is 1. The average Bonchev–Trinajstić information content (AvgIpc) is 3.19. The third-order valence-corrected chi connectivity index (χ3v) is 6.76. The number of guanidine groups is 1. The lowest BCUT2D eigenvalue weighted by molar-refractivity contribution is -0.125. The number of nitrogens with zero attached hydrogens (tertiary/aromatic N) is 2. The standard InChI is InChI=1S/C20H38N4O2.HI/c1-4-26-18-15-17(20(18)9-5-6-10-20)23-19(21-2)22-16-7-11-24(12-8-16)13-14-25-3;/h16-18H,4-15H2,1-3H3,(H2,21,22,23);1H. The summed E-state index contributed by atoms with van der Waals surface area (Å²) in [5, 5.41) is 7.42. The molecule has 3 aliphatic rings. The van der Waals surface area contributed by atoms with Crippen molar-refractivity contribution in [1.29, 1.82) is 0 Å². The van der Waals surface area contributed by atoms with E-state index in [1.807, 2.05) is 7.05 Å². The van der Waals surface area contributed by atoms with E-state index in [0.29, 0.717) is 23.6 Å². The Labute approximate surface area is 182 Å². The minimum atomic E-state index is 0. The minimum Gasteiger partial charge on any atom is -0.383 e. The highest BCUT2D eigenvalue weighted by atomic mass is 127. The summed E-state index contributed by atoms with van der Waals surface area (Å²) in [6.07, 6.45) is 9.17. The summed E-state index contributed by atoms with van der Waals surface area (Å²) in [4.78, 5) is 7.01. The van der Waals surface area contributed by atoms with E-state index in [-0.39, 0.29) is 24.0 Å². The predicted molar refractivity (Wildman–Crippen MR) is 121 cm³/mol. The number of piperidine rings is 1. The lowest BCUT2D eigenvalue weighted by Gasteiger charge is -2.54. The summed E-state index contributed by atoms with van der Waals surface area (Å²) < 4.78 is 11.2. The van der Waals surface area contributed by atoms with Crippen molar-refractivity contribution in [3.05, 3.63) is 0 Å². The van der Waals surface area contributed by atoms with Crippen LogP contribution >= 0.6 is 24.0 Å². The molecule has 158 valence electrons. The number of hydrogen-bond acceptors (Lipinski definition) is 4. The third-order valence-electron chi connectivity index (χ3n) is 6.76. The summed E-state index contributed by atoms with van der Waals surface area (Å²) in [5.41, 5.74) is 0.344. The zero-order chi connectivity index (χ0) is 18.4. The predicted octanol–water partition coefficient (Wildman–Crippen LogP) is 2.62. The van der Waals surface area contributed by atoms with Crippen molar-refractivity contribution in [1.82, 2.24) is 15.5 Å². The second kappa shape index (κ2) is 11.2. The van der Waals surface area contributed by atoms with Crippen LogP contribution in [0.3, 0.4) is 0 Å². The van der Waals surface area contributed by atoms with Gasteiger partial charge in [-0.3, -0.25) is 4.99 Å². The van der Waals surface area contributed by atoms with E-state index in [1.165, 1.54) is 38.5 Å². The molecule has 2 saturated carbocycles. The highest BCUT2D eigenvalue weighted by molar-refractivity contribution is 14.0. The first-order chi connectivity index (χ1) is 12.7. The van der Waals surface area contributed by atoms with Gasteiger partial charge < -0.3 is 25.0 Å². The molecule has 7 heteroatoms. The Morgan fingerprint density at radius 3 is 2.48 bits per heavy atom. The maximum atomic E-state index is 6.04. The molecule has 2 unspecified atom stereocenters. The summed E-state index contributed by atoms with van der Waals surface area (Å²) >= 11 is 0. The van der Waals surface area contributed by atoms with Crippen LogP contribution in [0.2, 0.25) is 0 Å². The molecule has 27 heavy (non-hydrogen) atoms. The molecular weight excluding hydrogens is 455 g/mol. The van der Waals surface area contributed by atoms with Gasteiger partial charge in [-0.2, -0.15) is 0 Å². The molecule has 0 amide bonds. The van der Waals surface area contributed by atoms with Crippen LogP contribution < -0.4 is 10.6 Å². The number of nitrogens with one attached hydrogen (secondary N) is 2. The second-order valence-electron chi connectivity index (χ2n) is 8.14. The first-order valence-electron chi connectivity index (χ1n) is 10.5. The number of ether oxygens (including phenoxy) is 2. The summed E-state index contributed by atoms with van der Waals surface area (Å²) in [6.45, 7) is 7.08. The van der Waals surface area contributed by atoms with Gasteiger partial charge in [0.25, 0.3) is 0 Å². The van der Waals surface area contributed by atoms with Gasteiger partial charge in [-0.05, 0) is 39.0 Å². The maximum absolute atomic E-state index is 6.04. The molecule has 0 radical (unpaired) electrons. The highest BCUT2D eigenvalue weighted by Crippen LogP contribution is 2.54. The topological polar surface area (TPSA) is 58.1 Å². The zero-order valence-electron chi connectivity index (χ0n) is 17.3. The fraction of sp³-hybridized carbons (Fsp3) is 0.950. The molecule has 2 aliphatic carbocycles. The Kier molecular flexibility index (Phi) is 9.58. The van der Waals surface area contributed by atoms with Crippen molar-refractivity contribution >= 4 is 29.9 Å². The molecule has 1 heterocycles. The van der Waals surface area contributed by atoms with Crippen LogP contribution in [0.1, 0.15) is 51.9 Å². The van der Waals surface area contributed by atoms with Crippen molar-refractivity contribution in [3.8, 4) is 0 Å². The van der Waals surface area contributed by atoms with Crippen LogP contribution in [0.25, 0.3) is 0 Å². The normalized spacial score (nSPS) is 28.6. The SMILES string of the molecule is CCOC1CC(NC(=NC)NC2CCN(CCOC)CC2)C12CCCC2.I. The van der Waals surface area contributed by atoms with Crippen molar-refractivity contribution in [2.75, 3.05) is 47.0 Å². The molecule has 1 spiro atoms. The number of halogens is 1. The van der Waals surface area contributed by atoms with Crippen LogP contribution in [-0.2, 0) is 9.47 Å². The van der Waals surface area contributed by atoms with Gasteiger partial charge in [0, 0.05) is 57.9 Å². The molecule has 1 saturated heterocycles. The molecule has 3 rings (SSSR count). The monoisotopic (exact) mass is 494 g/mol. The Bertz CT molecular complexity index is 463. The molecule has 0 aromatic heterocycles. The number of likely N-dealkylation sites (tertiary alicyclic amines) is 1. The Balaban J connectivity index is 0.00000261. The van der Waals surface area contributed by atoms with E-state index in [1.54, 1.807) is 7.11 Å². The molecule has 3 fully saturated rings.